The summed E-state index contributed by atoms with van der Waals surface area (Å²) >= 11 is 6.24. The fourth-order valence-electron chi connectivity index (χ4n) is 2.99. The molecule has 0 spiro atoms. The number of nitrogens with zero attached hydrogens (tertiary/aromatic N) is 3. The number of benzene rings is 1. The number of pyridine rings is 2. The lowest BCUT2D eigenvalue weighted by Gasteiger charge is -2.09. The van der Waals surface area contributed by atoms with E-state index in [-0.39, 0.29) is 4.90 Å². The van der Waals surface area contributed by atoms with Gasteiger partial charge in [-0.1, -0.05) is 29.8 Å². The molecule has 28 heavy (non-hydrogen) atoms. The van der Waals surface area contributed by atoms with Gasteiger partial charge < -0.3 is 4.74 Å². The number of ether oxygens (including phenoxy) is 1. The Balaban J connectivity index is 1.75. The largest absolute Gasteiger partial charge is 0.481 e. The minimum Gasteiger partial charge on any atom is -0.481 e. The van der Waals surface area contributed by atoms with Crippen molar-refractivity contribution in [1.82, 2.24) is 13.9 Å². The van der Waals surface area contributed by atoms with Crippen molar-refractivity contribution >= 4 is 32.5 Å². The van der Waals surface area contributed by atoms with Crippen molar-refractivity contribution in [2.45, 2.75) is 11.3 Å². The molecule has 0 radical (unpaired) electrons. The summed E-state index contributed by atoms with van der Waals surface area (Å²) in [5.74, 6) is 0.445. The zero-order valence-electron chi connectivity index (χ0n) is 14.9. The molecule has 0 N–H and O–H groups in total. The Hall–Kier alpha value is -2.90. The van der Waals surface area contributed by atoms with Gasteiger partial charge in [-0.15, -0.1) is 0 Å². The second-order valence-corrected chi connectivity index (χ2v) is 8.35. The molecule has 3 heterocycles. The van der Waals surface area contributed by atoms with E-state index in [0.29, 0.717) is 23.0 Å². The predicted molar refractivity (Wildman–Crippen MR) is 107 cm³/mol. The molecule has 4 aromatic rings. The summed E-state index contributed by atoms with van der Waals surface area (Å²) in [7, 11) is -2.20. The van der Waals surface area contributed by atoms with Crippen molar-refractivity contribution in [2.75, 3.05) is 7.11 Å². The molecule has 0 unspecified atom stereocenters. The summed E-state index contributed by atoms with van der Waals surface area (Å²) in [6.07, 6.45) is 4.95. The van der Waals surface area contributed by atoms with Crippen LogP contribution in [0.25, 0.3) is 10.9 Å². The van der Waals surface area contributed by atoms with Gasteiger partial charge in [-0.2, -0.15) is 0 Å². The average molecular weight is 414 g/mol. The maximum atomic E-state index is 13.0. The molecule has 0 bridgehead atoms. The summed E-state index contributed by atoms with van der Waals surface area (Å²) in [5.41, 5.74) is 2.34. The third-order valence-corrected chi connectivity index (χ3v) is 6.42. The normalized spacial score (nSPS) is 11.6. The standard InChI is InChI=1S/C20H16ClN3O3S/c1-27-19-7-6-16(20(21)23-19)11-14-4-5-15-8-10-24(18(15)12-14)28(25,26)17-3-2-9-22-13-17/h2-10,12-13H,11H2,1H3. The minimum atomic E-state index is -3.73. The second kappa shape index (κ2) is 7.26. The molecule has 4 rings (SSSR count). The highest BCUT2D eigenvalue weighted by atomic mass is 35.5. The second-order valence-electron chi connectivity index (χ2n) is 6.18. The van der Waals surface area contributed by atoms with Gasteiger partial charge in [0.1, 0.15) is 10.0 Å². The molecule has 0 saturated carbocycles. The lowest BCUT2D eigenvalue weighted by atomic mass is 10.1. The SMILES string of the molecule is COc1ccc(Cc2ccc3ccn(S(=O)(=O)c4cccnc4)c3c2)c(Cl)n1. The van der Waals surface area contributed by atoms with Crippen LogP contribution in [0, 0.1) is 0 Å². The van der Waals surface area contributed by atoms with Crippen molar-refractivity contribution in [1.29, 1.82) is 0 Å². The highest BCUT2D eigenvalue weighted by molar-refractivity contribution is 7.90. The van der Waals surface area contributed by atoms with E-state index in [1.165, 1.54) is 29.5 Å². The molecule has 6 nitrogen and oxygen atoms in total. The quantitative estimate of drug-likeness (QED) is 0.463. The first-order valence-corrected chi connectivity index (χ1v) is 10.3. The van der Waals surface area contributed by atoms with Gasteiger partial charge in [0.2, 0.25) is 5.88 Å². The number of aromatic nitrogens is 3. The third-order valence-electron chi connectivity index (χ3n) is 4.42. The molecule has 1 aromatic carbocycles. The highest BCUT2D eigenvalue weighted by Crippen LogP contribution is 2.26. The number of fused-ring (bicyclic) bond motifs is 1. The van der Waals surface area contributed by atoms with Crippen LogP contribution in [-0.2, 0) is 16.4 Å². The Bertz CT molecular complexity index is 1250. The monoisotopic (exact) mass is 413 g/mol. The Morgan fingerprint density at radius 2 is 2.00 bits per heavy atom. The summed E-state index contributed by atoms with van der Waals surface area (Å²) in [6, 6.07) is 14.2. The van der Waals surface area contributed by atoms with Gasteiger partial charge in [-0.25, -0.2) is 17.4 Å². The molecule has 3 aromatic heterocycles. The zero-order chi connectivity index (χ0) is 19.7. The van der Waals surface area contributed by atoms with Crippen LogP contribution in [-0.4, -0.2) is 29.5 Å². The fraction of sp³-hybridized carbons (Fsp3) is 0.100. The van der Waals surface area contributed by atoms with Crippen LogP contribution in [0.2, 0.25) is 5.15 Å². The van der Waals surface area contributed by atoms with Crippen molar-refractivity contribution in [2.24, 2.45) is 0 Å². The molecule has 0 fully saturated rings. The number of hydrogen-bond acceptors (Lipinski definition) is 5. The average Bonchev–Trinajstić information content (AvgIpc) is 3.14. The summed E-state index contributed by atoms with van der Waals surface area (Å²) in [5, 5.41) is 1.19. The fourth-order valence-corrected chi connectivity index (χ4v) is 4.52. The highest BCUT2D eigenvalue weighted by Gasteiger charge is 2.19. The maximum absolute atomic E-state index is 13.0. The molecule has 0 aliphatic carbocycles. The van der Waals surface area contributed by atoms with Crippen LogP contribution >= 0.6 is 11.6 Å². The third kappa shape index (κ3) is 3.34. The van der Waals surface area contributed by atoms with Gasteiger partial charge in [0, 0.05) is 36.5 Å². The van der Waals surface area contributed by atoms with Crippen LogP contribution in [0.4, 0.5) is 0 Å². The molecule has 0 amide bonds. The molecule has 0 aliphatic heterocycles. The molecular formula is C20H16ClN3O3S. The van der Waals surface area contributed by atoms with Crippen molar-refractivity contribution in [3.63, 3.8) is 0 Å². The maximum Gasteiger partial charge on any atom is 0.269 e. The summed E-state index contributed by atoms with van der Waals surface area (Å²) in [4.78, 5) is 8.22. The predicted octanol–water partition coefficient (Wildman–Crippen LogP) is 3.92. The number of halogens is 1. The smallest absolute Gasteiger partial charge is 0.269 e. The van der Waals surface area contributed by atoms with Crippen LogP contribution in [0.15, 0.2) is 72.0 Å². The summed E-state index contributed by atoms with van der Waals surface area (Å²) < 4.78 is 32.3. The van der Waals surface area contributed by atoms with Gasteiger partial charge in [0.15, 0.2) is 0 Å². The Morgan fingerprint density at radius 1 is 1.14 bits per heavy atom. The van der Waals surface area contributed by atoms with E-state index in [1.807, 2.05) is 24.3 Å². The first-order valence-electron chi connectivity index (χ1n) is 8.44. The van der Waals surface area contributed by atoms with Crippen LogP contribution < -0.4 is 4.74 Å². The van der Waals surface area contributed by atoms with E-state index in [2.05, 4.69) is 9.97 Å². The zero-order valence-corrected chi connectivity index (χ0v) is 16.5. The molecule has 8 heteroatoms. The number of hydrogen-bond donors (Lipinski definition) is 0. The lowest BCUT2D eigenvalue weighted by molar-refractivity contribution is 0.397. The van der Waals surface area contributed by atoms with Gasteiger partial charge in [-0.05, 0) is 35.4 Å². The van der Waals surface area contributed by atoms with Crippen LogP contribution in [0.5, 0.6) is 5.88 Å². The van der Waals surface area contributed by atoms with Crippen LogP contribution in [0.3, 0.4) is 0 Å². The Morgan fingerprint density at radius 3 is 2.71 bits per heavy atom. The topological polar surface area (TPSA) is 74.1 Å². The van der Waals surface area contributed by atoms with E-state index in [9.17, 15) is 8.42 Å². The van der Waals surface area contributed by atoms with Crippen molar-refractivity contribution < 1.29 is 13.2 Å². The van der Waals surface area contributed by atoms with Gasteiger partial charge in [0.05, 0.1) is 12.6 Å². The van der Waals surface area contributed by atoms with E-state index >= 15 is 0 Å². The van der Waals surface area contributed by atoms with Gasteiger partial charge in [0.25, 0.3) is 10.0 Å². The number of rotatable bonds is 5. The molecule has 0 aliphatic rings. The van der Waals surface area contributed by atoms with Crippen molar-refractivity contribution in [3.8, 4) is 5.88 Å². The van der Waals surface area contributed by atoms with Crippen LogP contribution in [0.1, 0.15) is 11.1 Å². The van der Waals surface area contributed by atoms with E-state index in [4.69, 9.17) is 16.3 Å². The van der Waals surface area contributed by atoms with Gasteiger partial charge >= 0.3 is 0 Å². The number of methoxy groups -OCH3 is 1. The van der Waals surface area contributed by atoms with E-state index in [0.717, 1.165) is 16.5 Å². The minimum absolute atomic E-state index is 0.139. The van der Waals surface area contributed by atoms with Crippen molar-refractivity contribution in [3.05, 3.63) is 83.4 Å². The molecule has 0 atom stereocenters. The Labute approximate surface area is 167 Å². The summed E-state index contributed by atoms with van der Waals surface area (Å²) in [6.45, 7) is 0. The van der Waals surface area contributed by atoms with E-state index in [1.54, 1.807) is 24.4 Å². The molecule has 142 valence electrons. The molecular weight excluding hydrogens is 398 g/mol. The first kappa shape index (κ1) is 18.5. The first-order chi connectivity index (χ1) is 13.5. The molecule has 0 saturated heterocycles. The van der Waals surface area contributed by atoms with Gasteiger partial charge in [-0.3, -0.25) is 4.98 Å². The Kier molecular flexibility index (Phi) is 4.78. The lowest BCUT2D eigenvalue weighted by Crippen LogP contribution is -2.12. The van der Waals surface area contributed by atoms with E-state index < -0.39 is 10.0 Å².